The molecule has 0 fully saturated rings. The molecule has 2 aromatic carbocycles. The number of nitriles is 1. The highest BCUT2D eigenvalue weighted by molar-refractivity contribution is 6.08. The number of carbonyl (C=O) groups is 1. The van der Waals surface area contributed by atoms with Crippen molar-refractivity contribution in [3.05, 3.63) is 95.7 Å². The molecule has 5 aromatic rings. The predicted molar refractivity (Wildman–Crippen MR) is 124 cm³/mol. The molecule has 0 saturated carbocycles. The van der Waals surface area contributed by atoms with Gasteiger partial charge in [0.2, 0.25) is 0 Å². The number of hydrogen-bond donors (Lipinski definition) is 1. The molecule has 0 atom stereocenters. The predicted octanol–water partition coefficient (Wildman–Crippen LogP) is 5.16. The van der Waals surface area contributed by atoms with Gasteiger partial charge in [0.15, 0.2) is 11.6 Å². The molecule has 5 rings (SSSR count). The lowest BCUT2D eigenvalue weighted by molar-refractivity contribution is -0.137. The Kier molecular flexibility index (Phi) is 5.81. The summed E-state index contributed by atoms with van der Waals surface area (Å²) >= 11 is 0. The maximum Gasteiger partial charge on any atom is 0.417 e. The molecule has 1 N–H and O–H groups in total. The molecule has 182 valence electrons. The Bertz CT molecular complexity index is 1680. The van der Waals surface area contributed by atoms with E-state index in [1.54, 1.807) is 30.3 Å². The van der Waals surface area contributed by atoms with Crippen LogP contribution in [-0.4, -0.2) is 30.6 Å². The number of pyridine rings is 1. The number of fused-ring (bicyclic) bond motifs is 1. The minimum absolute atomic E-state index is 0.0347. The summed E-state index contributed by atoms with van der Waals surface area (Å²) in [6, 6.07) is 14.4. The number of hydrogen-bond acceptors (Lipinski definition) is 6. The molecule has 3 heterocycles. The Labute approximate surface area is 205 Å². The third-order valence-corrected chi connectivity index (χ3v) is 5.34. The summed E-state index contributed by atoms with van der Waals surface area (Å²) in [5.41, 5.74) is -1.35. The standard InChI is InChI=1S/C25H13F4N7O/c26-19-11-18(25(27,28)29)16(22-31-7-4-8-32-22)10-17(19)24(37)34-23-21-20(9-14(12-30)13-33-21)35-36(23)15-5-2-1-3-6-15/h1-11,13H,(H,34,37). The highest BCUT2D eigenvalue weighted by Crippen LogP contribution is 2.37. The van der Waals surface area contributed by atoms with Crippen molar-refractivity contribution >= 4 is 22.8 Å². The third-order valence-electron chi connectivity index (χ3n) is 5.34. The van der Waals surface area contributed by atoms with E-state index in [1.807, 2.05) is 6.07 Å². The van der Waals surface area contributed by atoms with Crippen LogP contribution in [-0.2, 0) is 6.18 Å². The van der Waals surface area contributed by atoms with Crippen LogP contribution in [0.25, 0.3) is 28.1 Å². The number of anilines is 1. The van der Waals surface area contributed by atoms with Gasteiger partial charge in [0.1, 0.15) is 22.9 Å². The van der Waals surface area contributed by atoms with Crippen molar-refractivity contribution in [2.45, 2.75) is 6.18 Å². The van der Waals surface area contributed by atoms with Crippen LogP contribution in [0.15, 0.2) is 73.2 Å². The number of benzene rings is 2. The number of nitrogens with one attached hydrogen (secondary N) is 1. The number of nitrogens with zero attached hydrogens (tertiary/aromatic N) is 6. The fourth-order valence-corrected chi connectivity index (χ4v) is 3.68. The minimum Gasteiger partial charge on any atom is -0.305 e. The number of halogens is 4. The van der Waals surface area contributed by atoms with Crippen LogP contribution < -0.4 is 5.32 Å². The molecule has 0 aliphatic carbocycles. The van der Waals surface area contributed by atoms with Gasteiger partial charge in [0, 0.05) is 24.2 Å². The fourth-order valence-electron chi connectivity index (χ4n) is 3.68. The molecule has 3 aromatic heterocycles. The molecule has 8 nitrogen and oxygen atoms in total. The second kappa shape index (κ2) is 9.12. The SMILES string of the molecule is N#Cc1cnc2c(NC(=O)c3cc(-c4ncccn4)c(C(F)(F)F)cc3F)n(-c3ccccc3)nc2c1. The molecule has 12 heteroatoms. The highest BCUT2D eigenvalue weighted by Gasteiger charge is 2.36. The van der Waals surface area contributed by atoms with Crippen molar-refractivity contribution < 1.29 is 22.4 Å². The van der Waals surface area contributed by atoms with E-state index in [1.165, 1.54) is 35.4 Å². The van der Waals surface area contributed by atoms with E-state index in [9.17, 15) is 27.6 Å². The van der Waals surface area contributed by atoms with Gasteiger partial charge in [-0.3, -0.25) is 4.79 Å². The summed E-state index contributed by atoms with van der Waals surface area (Å²) < 4.78 is 57.2. The molecule has 1 amide bonds. The molecule has 0 radical (unpaired) electrons. The largest absolute Gasteiger partial charge is 0.417 e. The Morgan fingerprint density at radius 2 is 1.73 bits per heavy atom. The van der Waals surface area contributed by atoms with Gasteiger partial charge in [0.05, 0.1) is 22.4 Å². The summed E-state index contributed by atoms with van der Waals surface area (Å²) in [5, 5.41) is 16.1. The number of alkyl halides is 3. The van der Waals surface area contributed by atoms with Crippen LogP contribution in [0, 0.1) is 17.1 Å². The maximum atomic E-state index is 14.9. The van der Waals surface area contributed by atoms with Crippen LogP contribution in [0.4, 0.5) is 23.4 Å². The first kappa shape index (κ1) is 23.6. The lowest BCUT2D eigenvalue weighted by atomic mass is 10.0. The van der Waals surface area contributed by atoms with Crippen molar-refractivity contribution in [3.63, 3.8) is 0 Å². The number of carbonyl (C=O) groups excluding carboxylic acids is 1. The van der Waals surface area contributed by atoms with Crippen molar-refractivity contribution in [1.82, 2.24) is 24.7 Å². The Morgan fingerprint density at radius 1 is 1.00 bits per heavy atom. The summed E-state index contributed by atoms with van der Waals surface area (Å²) in [6.07, 6.45) is -1.18. The van der Waals surface area contributed by atoms with Crippen LogP contribution in [0.5, 0.6) is 0 Å². The molecular formula is C25H13F4N7O. The minimum atomic E-state index is -4.92. The van der Waals surface area contributed by atoms with Gasteiger partial charge in [0.25, 0.3) is 5.91 Å². The molecule has 0 unspecified atom stereocenters. The van der Waals surface area contributed by atoms with Crippen LogP contribution in [0.3, 0.4) is 0 Å². The fraction of sp³-hybridized carbons (Fsp3) is 0.0400. The first-order chi connectivity index (χ1) is 17.8. The monoisotopic (exact) mass is 503 g/mol. The van der Waals surface area contributed by atoms with E-state index in [0.717, 1.165) is 6.07 Å². The van der Waals surface area contributed by atoms with Gasteiger partial charge in [-0.2, -0.15) is 23.5 Å². The summed E-state index contributed by atoms with van der Waals surface area (Å²) in [5.74, 6) is -2.73. The van der Waals surface area contributed by atoms with E-state index in [-0.39, 0.29) is 34.3 Å². The van der Waals surface area contributed by atoms with Crippen LogP contribution >= 0.6 is 0 Å². The first-order valence-electron chi connectivity index (χ1n) is 10.6. The summed E-state index contributed by atoms with van der Waals surface area (Å²) in [7, 11) is 0. The number of para-hydroxylation sites is 1. The summed E-state index contributed by atoms with van der Waals surface area (Å²) in [6.45, 7) is 0. The van der Waals surface area contributed by atoms with Gasteiger partial charge < -0.3 is 5.32 Å². The average molecular weight is 503 g/mol. The Balaban J connectivity index is 1.64. The molecule has 0 aliphatic heterocycles. The van der Waals surface area contributed by atoms with Gasteiger partial charge >= 0.3 is 6.18 Å². The van der Waals surface area contributed by atoms with Gasteiger partial charge in [-0.1, -0.05) is 18.2 Å². The molecule has 0 spiro atoms. The van der Waals surface area contributed by atoms with E-state index in [2.05, 4.69) is 25.4 Å². The van der Waals surface area contributed by atoms with Gasteiger partial charge in [-0.05, 0) is 36.4 Å². The van der Waals surface area contributed by atoms with E-state index in [4.69, 9.17) is 0 Å². The van der Waals surface area contributed by atoms with Crippen molar-refractivity contribution in [1.29, 1.82) is 5.26 Å². The third kappa shape index (κ3) is 4.45. The Morgan fingerprint density at radius 3 is 2.41 bits per heavy atom. The zero-order valence-electron chi connectivity index (χ0n) is 18.5. The molecule has 0 bridgehead atoms. The lowest BCUT2D eigenvalue weighted by Gasteiger charge is -2.15. The summed E-state index contributed by atoms with van der Waals surface area (Å²) in [4.78, 5) is 25.1. The number of aromatic nitrogens is 5. The normalized spacial score (nSPS) is 11.3. The van der Waals surface area contributed by atoms with Gasteiger partial charge in [-0.25, -0.2) is 24.0 Å². The zero-order valence-corrected chi connectivity index (χ0v) is 18.5. The van der Waals surface area contributed by atoms with Crippen LogP contribution in [0.1, 0.15) is 21.5 Å². The zero-order chi connectivity index (χ0) is 26.2. The quantitative estimate of drug-likeness (QED) is 0.340. The molecular weight excluding hydrogens is 490 g/mol. The van der Waals surface area contributed by atoms with Crippen molar-refractivity contribution in [2.24, 2.45) is 0 Å². The average Bonchev–Trinajstić information content (AvgIpc) is 3.26. The highest BCUT2D eigenvalue weighted by atomic mass is 19.4. The van der Waals surface area contributed by atoms with E-state index in [0.29, 0.717) is 5.69 Å². The molecule has 37 heavy (non-hydrogen) atoms. The second-order valence-corrected chi connectivity index (χ2v) is 7.70. The maximum absolute atomic E-state index is 14.9. The van der Waals surface area contributed by atoms with Crippen LogP contribution in [0.2, 0.25) is 0 Å². The molecule has 0 saturated heterocycles. The van der Waals surface area contributed by atoms with Crippen molar-refractivity contribution in [3.8, 4) is 23.1 Å². The lowest BCUT2D eigenvalue weighted by Crippen LogP contribution is -2.19. The van der Waals surface area contributed by atoms with Crippen molar-refractivity contribution in [2.75, 3.05) is 5.32 Å². The second-order valence-electron chi connectivity index (χ2n) is 7.70. The first-order valence-corrected chi connectivity index (χ1v) is 10.6. The van der Waals surface area contributed by atoms with E-state index >= 15 is 0 Å². The smallest absolute Gasteiger partial charge is 0.305 e. The molecule has 0 aliphatic rings. The van der Waals surface area contributed by atoms with E-state index < -0.39 is 34.6 Å². The number of amides is 1. The number of rotatable bonds is 4. The van der Waals surface area contributed by atoms with Gasteiger partial charge in [-0.15, -0.1) is 0 Å². The topological polar surface area (TPSA) is 109 Å². The Hall–Kier alpha value is -5.18.